The molecule has 150 valence electrons. The van der Waals surface area contributed by atoms with Crippen LogP contribution in [0.3, 0.4) is 0 Å². The van der Waals surface area contributed by atoms with Gasteiger partial charge >= 0.3 is 0 Å². The van der Waals surface area contributed by atoms with Gasteiger partial charge in [0.05, 0.1) is 19.3 Å². The Morgan fingerprint density at radius 3 is 2.66 bits per heavy atom. The van der Waals surface area contributed by atoms with Gasteiger partial charge in [-0.15, -0.1) is 0 Å². The number of hydrogen-bond acceptors (Lipinski definition) is 4. The van der Waals surface area contributed by atoms with Crippen molar-refractivity contribution < 1.29 is 4.74 Å². The lowest BCUT2D eigenvalue weighted by atomic mass is 9.95. The van der Waals surface area contributed by atoms with Crippen molar-refractivity contribution in [3.8, 4) is 11.4 Å². The van der Waals surface area contributed by atoms with Gasteiger partial charge in [-0.25, -0.2) is 4.98 Å². The van der Waals surface area contributed by atoms with Crippen LogP contribution >= 0.6 is 0 Å². The van der Waals surface area contributed by atoms with E-state index in [0.717, 1.165) is 25.5 Å². The van der Waals surface area contributed by atoms with Crippen LogP contribution in [-0.4, -0.2) is 40.8 Å². The number of benzene rings is 1. The normalized spacial score (nSPS) is 21.8. The number of pyridine rings is 1. The summed E-state index contributed by atoms with van der Waals surface area (Å²) in [6.07, 6.45) is 11.4. The molecule has 0 saturated carbocycles. The summed E-state index contributed by atoms with van der Waals surface area (Å²) in [5.74, 6) is 1.49. The van der Waals surface area contributed by atoms with Gasteiger partial charge in [0.2, 0.25) is 0 Å². The standard InChI is InChI=1S/C24H28N4O/c1-18-14-21(27-11-2-3-12-27)4-5-22(18)24-26-10-13-28(24)23-17-29-16-20(23)15-19-6-8-25-9-7-19/h4-10,13-14,20,23H,2-3,11-12,15-17H2,1H3/t20-,23-/m1/s1. The molecule has 5 nitrogen and oxygen atoms in total. The molecule has 0 aliphatic carbocycles. The Balaban J connectivity index is 1.42. The molecule has 0 amide bonds. The molecule has 5 heteroatoms. The predicted molar refractivity (Wildman–Crippen MR) is 115 cm³/mol. The van der Waals surface area contributed by atoms with E-state index in [2.05, 4.69) is 57.9 Å². The zero-order chi connectivity index (χ0) is 19.6. The minimum atomic E-state index is 0.304. The second-order valence-corrected chi connectivity index (χ2v) is 8.28. The lowest BCUT2D eigenvalue weighted by Crippen LogP contribution is -2.20. The second-order valence-electron chi connectivity index (χ2n) is 8.28. The van der Waals surface area contributed by atoms with Gasteiger partial charge < -0.3 is 14.2 Å². The van der Waals surface area contributed by atoms with Crippen LogP contribution in [0.15, 0.2) is 55.1 Å². The molecule has 2 aliphatic heterocycles. The molecule has 2 atom stereocenters. The molecule has 0 spiro atoms. The molecule has 2 saturated heterocycles. The Hall–Kier alpha value is -2.66. The van der Waals surface area contributed by atoms with Gasteiger partial charge in [-0.1, -0.05) is 0 Å². The van der Waals surface area contributed by atoms with E-state index < -0.39 is 0 Å². The first-order valence-electron chi connectivity index (χ1n) is 10.6. The monoisotopic (exact) mass is 388 g/mol. The summed E-state index contributed by atoms with van der Waals surface area (Å²) in [4.78, 5) is 11.4. The number of nitrogens with zero attached hydrogens (tertiary/aromatic N) is 4. The highest BCUT2D eigenvalue weighted by molar-refractivity contribution is 5.66. The fraction of sp³-hybridized carbons (Fsp3) is 0.417. The van der Waals surface area contributed by atoms with E-state index in [-0.39, 0.29) is 0 Å². The molecule has 0 radical (unpaired) electrons. The van der Waals surface area contributed by atoms with E-state index >= 15 is 0 Å². The zero-order valence-electron chi connectivity index (χ0n) is 17.0. The lowest BCUT2D eigenvalue weighted by Gasteiger charge is -2.23. The van der Waals surface area contributed by atoms with Crippen LogP contribution in [0.4, 0.5) is 5.69 Å². The van der Waals surface area contributed by atoms with E-state index in [1.807, 2.05) is 18.6 Å². The summed E-state index contributed by atoms with van der Waals surface area (Å²) in [5.41, 5.74) is 5.15. The number of aryl methyl sites for hydroxylation is 1. The number of imidazole rings is 1. The number of anilines is 1. The SMILES string of the molecule is Cc1cc(N2CCCC2)ccc1-c1nccn1[C@@H]1COC[C@H]1Cc1ccncc1. The van der Waals surface area contributed by atoms with Gasteiger partial charge in [0.1, 0.15) is 5.82 Å². The quantitative estimate of drug-likeness (QED) is 0.654. The number of hydrogen-bond donors (Lipinski definition) is 0. The van der Waals surface area contributed by atoms with Crippen molar-refractivity contribution in [2.45, 2.75) is 32.2 Å². The molecular weight excluding hydrogens is 360 g/mol. The first kappa shape index (κ1) is 18.4. The molecular formula is C24H28N4O. The molecule has 4 heterocycles. The first-order valence-corrected chi connectivity index (χ1v) is 10.6. The Morgan fingerprint density at radius 1 is 1.03 bits per heavy atom. The largest absolute Gasteiger partial charge is 0.379 e. The minimum Gasteiger partial charge on any atom is -0.379 e. The molecule has 3 aromatic rings. The predicted octanol–water partition coefficient (Wildman–Crippen LogP) is 4.28. The van der Waals surface area contributed by atoms with Crippen molar-refractivity contribution in [2.24, 2.45) is 5.92 Å². The van der Waals surface area contributed by atoms with Crippen molar-refractivity contribution >= 4 is 5.69 Å². The molecule has 5 rings (SSSR count). The van der Waals surface area contributed by atoms with E-state index in [9.17, 15) is 0 Å². The Bertz CT molecular complexity index is 962. The van der Waals surface area contributed by atoms with Crippen molar-refractivity contribution in [1.29, 1.82) is 0 Å². The van der Waals surface area contributed by atoms with Gasteiger partial charge in [0.15, 0.2) is 0 Å². The number of ether oxygens (including phenoxy) is 1. The maximum Gasteiger partial charge on any atom is 0.140 e. The van der Waals surface area contributed by atoms with Gasteiger partial charge in [-0.2, -0.15) is 0 Å². The van der Waals surface area contributed by atoms with Crippen molar-refractivity contribution in [2.75, 3.05) is 31.2 Å². The lowest BCUT2D eigenvalue weighted by molar-refractivity contribution is 0.181. The molecule has 29 heavy (non-hydrogen) atoms. The van der Waals surface area contributed by atoms with Crippen LogP contribution in [0.5, 0.6) is 0 Å². The smallest absolute Gasteiger partial charge is 0.140 e. The third-order valence-corrected chi connectivity index (χ3v) is 6.36. The highest BCUT2D eigenvalue weighted by Crippen LogP contribution is 2.34. The first-order chi connectivity index (χ1) is 14.3. The Morgan fingerprint density at radius 2 is 1.86 bits per heavy atom. The van der Waals surface area contributed by atoms with E-state index in [4.69, 9.17) is 9.72 Å². The third-order valence-electron chi connectivity index (χ3n) is 6.36. The van der Waals surface area contributed by atoms with Crippen molar-refractivity contribution in [3.63, 3.8) is 0 Å². The van der Waals surface area contributed by atoms with Gasteiger partial charge in [0, 0.05) is 55.0 Å². The summed E-state index contributed by atoms with van der Waals surface area (Å²) in [6, 6.07) is 11.3. The molecule has 0 bridgehead atoms. The summed E-state index contributed by atoms with van der Waals surface area (Å²) >= 11 is 0. The Labute approximate surface area is 172 Å². The fourth-order valence-electron chi connectivity index (χ4n) is 4.77. The van der Waals surface area contributed by atoms with Crippen molar-refractivity contribution in [3.05, 3.63) is 66.2 Å². The Kier molecular flexibility index (Phi) is 5.06. The minimum absolute atomic E-state index is 0.304. The average molecular weight is 389 g/mol. The van der Waals surface area contributed by atoms with Gasteiger partial charge in [-0.05, 0) is 67.6 Å². The highest BCUT2D eigenvalue weighted by atomic mass is 16.5. The van der Waals surface area contributed by atoms with Gasteiger partial charge in [-0.3, -0.25) is 4.98 Å². The molecule has 1 aromatic carbocycles. The molecule has 2 aromatic heterocycles. The van der Waals surface area contributed by atoms with E-state index in [1.165, 1.54) is 48.3 Å². The maximum atomic E-state index is 5.90. The zero-order valence-corrected chi connectivity index (χ0v) is 17.0. The maximum absolute atomic E-state index is 5.90. The summed E-state index contributed by atoms with van der Waals surface area (Å²) in [6.45, 7) is 6.07. The van der Waals surface area contributed by atoms with Crippen LogP contribution in [0.1, 0.15) is 30.0 Å². The van der Waals surface area contributed by atoms with Crippen LogP contribution < -0.4 is 4.90 Å². The highest BCUT2D eigenvalue weighted by Gasteiger charge is 2.31. The van der Waals surface area contributed by atoms with Crippen LogP contribution in [0.2, 0.25) is 0 Å². The molecule has 0 N–H and O–H groups in total. The van der Waals surface area contributed by atoms with E-state index in [0.29, 0.717) is 12.0 Å². The summed E-state index contributed by atoms with van der Waals surface area (Å²) < 4.78 is 8.23. The number of aromatic nitrogens is 3. The molecule has 2 fully saturated rings. The summed E-state index contributed by atoms with van der Waals surface area (Å²) in [5, 5.41) is 0. The third kappa shape index (κ3) is 3.67. The van der Waals surface area contributed by atoms with Crippen LogP contribution in [0.25, 0.3) is 11.4 Å². The van der Waals surface area contributed by atoms with E-state index in [1.54, 1.807) is 0 Å². The molecule has 2 aliphatic rings. The number of rotatable bonds is 5. The fourth-order valence-corrected chi connectivity index (χ4v) is 4.77. The average Bonchev–Trinajstić information content (AvgIpc) is 3.50. The second kappa shape index (κ2) is 7.99. The molecule has 0 unspecified atom stereocenters. The van der Waals surface area contributed by atoms with Crippen molar-refractivity contribution in [1.82, 2.24) is 14.5 Å². The van der Waals surface area contributed by atoms with Crippen LogP contribution in [-0.2, 0) is 11.2 Å². The van der Waals surface area contributed by atoms with Gasteiger partial charge in [0.25, 0.3) is 0 Å². The topological polar surface area (TPSA) is 43.2 Å². The summed E-state index contributed by atoms with van der Waals surface area (Å²) in [7, 11) is 0. The van der Waals surface area contributed by atoms with Crippen LogP contribution in [0, 0.1) is 12.8 Å².